The molecular weight excluding hydrogens is 216 g/mol. The SMILES string of the molecule is CCc1cccc(O[C@H]2C[C@](C)(C(=O)O)C2)c1. The molecule has 1 aliphatic carbocycles. The van der Waals surface area contributed by atoms with Gasteiger partial charge in [0.1, 0.15) is 11.9 Å². The number of hydrogen-bond donors (Lipinski definition) is 1. The number of carboxylic acid groups (broad SMARTS) is 1. The largest absolute Gasteiger partial charge is 0.490 e. The van der Waals surface area contributed by atoms with Crippen LogP contribution in [0.4, 0.5) is 0 Å². The highest BCUT2D eigenvalue weighted by Gasteiger charge is 2.47. The maximum Gasteiger partial charge on any atom is 0.309 e. The number of rotatable bonds is 4. The Morgan fingerprint density at radius 2 is 2.24 bits per heavy atom. The van der Waals surface area contributed by atoms with Crippen molar-refractivity contribution in [2.24, 2.45) is 5.41 Å². The highest BCUT2D eigenvalue weighted by atomic mass is 16.5. The molecule has 17 heavy (non-hydrogen) atoms. The van der Waals surface area contributed by atoms with Gasteiger partial charge in [-0.25, -0.2) is 0 Å². The second kappa shape index (κ2) is 4.40. The molecule has 2 rings (SSSR count). The highest BCUT2D eigenvalue weighted by molar-refractivity contribution is 5.75. The average Bonchev–Trinajstić information content (AvgIpc) is 2.27. The first kappa shape index (κ1) is 12.0. The van der Waals surface area contributed by atoms with E-state index in [0.717, 1.165) is 12.2 Å². The predicted molar refractivity (Wildman–Crippen MR) is 65.2 cm³/mol. The number of benzene rings is 1. The first-order valence-electron chi connectivity index (χ1n) is 6.02. The van der Waals surface area contributed by atoms with Crippen molar-refractivity contribution < 1.29 is 14.6 Å². The molecule has 0 saturated heterocycles. The van der Waals surface area contributed by atoms with E-state index in [-0.39, 0.29) is 6.10 Å². The van der Waals surface area contributed by atoms with Crippen molar-refractivity contribution in [2.45, 2.75) is 39.2 Å². The molecule has 0 heterocycles. The monoisotopic (exact) mass is 234 g/mol. The van der Waals surface area contributed by atoms with Crippen molar-refractivity contribution in [3.63, 3.8) is 0 Å². The number of hydrogen-bond acceptors (Lipinski definition) is 2. The first-order chi connectivity index (χ1) is 8.03. The summed E-state index contributed by atoms with van der Waals surface area (Å²) in [7, 11) is 0. The second-order valence-electron chi connectivity index (χ2n) is 5.01. The summed E-state index contributed by atoms with van der Waals surface area (Å²) in [5.41, 5.74) is 0.648. The van der Waals surface area contributed by atoms with Crippen LogP contribution in [-0.4, -0.2) is 17.2 Å². The molecule has 1 aromatic rings. The Hall–Kier alpha value is -1.51. The van der Waals surface area contributed by atoms with Crippen LogP contribution in [0.2, 0.25) is 0 Å². The molecule has 1 aliphatic rings. The number of aryl methyl sites for hydroxylation is 1. The van der Waals surface area contributed by atoms with Gasteiger partial charge in [-0.15, -0.1) is 0 Å². The van der Waals surface area contributed by atoms with E-state index in [1.54, 1.807) is 6.92 Å². The lowest BCUT2D eigenvalue weighted by molar-refractivity contribution is -0.159. The molecule has 1 N–H and O–H groups in total. The maximum atomic E-state index is 10.9. The fraction of sp³-hybridized carbons (Fsp3) is 0.500. The van der Waals surface area contributed by atoms with E-state index in [1.165, 1.54) is 5.56 Å². The third-order valence-corrected chi connectivity index (χ3v) is 3.48. The molecule has 1 aromatic carbocycles. The molecule has 0 unspecified atom stereocenters. The summed E-state index contributed by atoms with van der Waals surface area (Å²) in [4.78, 5) is 10.9. The Bertz CT molecular complexity index is 419. The van der Waals surface area contributed by atoms with Gasteiger partial charge in [-0.05, 0) is 31.0 Å². The summed E-state index contributed by atoms with van der Waals surface area (Å²) in [6.07, 6.45) is 2.22. The van der Waals surface area contributed by atoms with Crippen LogP contribution >= 0.6 is 0 Å². The number of aliphatic carboxylic acids is 1. The van der Waals surface area contributed by atoms with Crippen LogP contribution in [0, 0.1) is 5.41 Å². The Morgan fingerprint density at radius 1 is 1.53 bits per heavy atom. The minimum Gasteiger partial charge on any atom is -0.490 e. The molecule has 0 spiro atoms. The van der Waals surface area contributed by atoms with E-state index in [4.69, 9.17) is 9.84 Å². The van der Waals surface area contributed by atoms with Crippen LogP contribution in [0.15, 0.2) is 24.3 Å². The quantitative estimate of drug-likeness (QED) is 0.871. The average molecular weight is 234 g/mol. The normalized spacial score (nSPS) is 27.3. The van der Waals surface area contributed by atoms with Crippen molar-refractivity contribution in [1.82, 2.24) is 0 Å². The number of carboxylic acids is 1. The lowest BCUT2D eigenvalue weighted by Gasteiger charge is -2.41. The van der Waals surface area contributed by atoms with Crippen LogP contribution in [0.5, 0.6) is 5.75 Å². The molecule has 3 heteroatoms. The summed E-state index contributed by atoms with van der Waals surface area (Å²) < 4.78 is 5.78. The summed E-state index contributed by atoms with van der Waals surface area (Å²) in [5.74, 6) is 0.126. The van der Waals surface area contributed by atoms with Gasteiger partial charge in [0.05, 0.1) is 5.41 Å². The van der Waals surface area contributed by atoms with Gasteiger partial charge < -0.3 is 9.84 Å². The molecule has 0 atom stereocenters. The molecule has 0 amide bonds. The van der Waals surface area contributed by atoms with Gasteiger partial charge in [0.2, 0.25) is 0 Å². The molecule has 1 saturated carbocycles. The fourth-order valence-electron chi connectivity index (χ4n) is 2.23. The molecule has 92 valence electrons. The lowest BCUT2D eigenvalue weighted by Crippen LogP contribution is -2.47. The molecular formula is C14H18O3. The van der Waals surface area contributed by atoms with Crippen LogP contribution in [0.25, 0.3) is 0 Å². The topological polar surface area (TPSA) is 46.5 Å². The van der Waals surface area contributed by atoms with Crippen LogP contribution in [0.3, 0.4) is 0 Å². The zero-order valence-electron chi connectivity index (χ0n) is 10.3. The van der Waals surface area contributed by atoms with Gasteiger partial charge in [0.15, 0.2) is 0 Å². The zero-order valence-corrected chi connectivity index (χ0v) is 10.3. The first-order valence-corrected chi connectivity index (χ1v) is 6.02. The van der Waals surface area contributed by atoms with Gasteiger partial charge in [-0.1, -0.05) is 19.1 Å². The zero-order chi connectivity index (χ0) is 12.5. The summed E-state index contributed by atoms with van der Waals surface area (Å²) in [6, 6.07) is 7.99. The van der Waals surface area contributed by atoms with E-state index in [1.807, 2.05) is 18.2 Å². The second-order valence-corrected chi connectivity index (χ2v) is 5.01. The van der Waals surface area contributed by atoms with Gasteiger partial charge >= 0.3 is 5.97 Å². The molecule has 3 nitrogen and oxygen atoms in total. The lowest BCUT2D eigenvalue weighted by atomic mass is 9.68. The van der Waals surface area contributed by atoms with Gasteiger partial charge in [-0.2, -0.15) is 0 Å². The van der Waals surface area contributed by atoms with E-state index in [0.29, 0.717) is 12.8 Å². The molecule has 0 radical (unpaired) electrons. The Labute approximate surface area is 101 Å². The predicted octanol–water partition coefficient (Wildman–Crippen LogP) is 2.88. The van der Waals surface area contributed by atoms with Crippen molar-refractivity contribution in [3.05, 3.63) is 29.8 Å². The minimum atomic E-state index is -0.723. The molecule has 0 aliphatic heterocycles. The van der Waals surface area contributed by atoms with Crippen molar-refractivity contribution in [1.29, 1.82) is 0 Å². The maximum absolute atomic E-state index is 10.9. The number of ether oxygens (including phenoxy) is 1. The Balaban J connectivity index is 1.93. The smallest absolute Gasteiger partial charge is 0.309 e. The van der Waals surface area contributed by atoms with E-state index >= 15 is 0 Å². The standard InChI is InChI=1S/C14H18O3/c1-3-10-5-4-6-11(7-10)17-12-8-14(2,9-12)13(15)16/h4-7,12H,3,8-9H2,1-2H3,(H,15,16)/t12-,14-. The molecule has 0 aromatic heterocycles. The Morgan fingerprint density at radius 3 is 2.82 bits per heavy atom. The third kappa shape index (κ3) is 2.43. The van der Waals surface area contributed by atoms with Crippen LogP contribution in [-0.2, 0) is 11.2 Å². The minimum absolute atomic E-state index is 0.0446. The van der Waals surface area contributed by atoms with Crippen molar-refractivity contribution in [2.75, 3.05) is 0 Å². The summed E-state index contributed by atoms with van der Waals surface area (Å²) in [5, 5.41) is 9.00. The molecule has 1 fully saturated rings. The fourth-order valence-corrected chi connectivity index (χ4v) is 2.23. The van der Waals surface area contributed by atoms with Gasteiger partial charge in [0.25, 0.3) is 0 Å². The van der Waals surface area contributed by atoms with E-state index < -0.39 is 11.4 Å². The van der Waals surface area contributed by atoms with E-state index in [9.17, 15) is 4.79 Å². The highest BCUT2D eigenvalue weighted by Crippen LogP contribution is 2.42. The van der Waals surface area contributed by atoms with Crippen LogP contribution < -0.4 is 4.74 Å². The van der Waals surface area contributed by atoms with Crippen molar-refractivity contribution >= 4 is 5.97 Å². The third-order valence-electron chi connectivity index (χ3n) is 3.48. The molecule has 0 bridgehead atoms. The summed E-state index contributed by atoms with van der Waals surface area (Å²) in [6.45, 7) is 3.88. The van der Waals surface area contributed by atoms with Gasteiger partial charge in [-0.3, -0.25) is 4.79 Å². The van der Waals surface area contributed by atoms with Gasteiger partial charge in [0, 0.05) is 12.8 Å². The van der Waals surface area contributed by atoms with Crippen molar-refractivity contribution in [3.8, 4) is 5.75 Å². The van der Waals surface area contributed by atoms with E-state index in [2.05, 4.69) is 13.0 Å². The summed E-state index contributed by atoms with van der Waals surface area (Å²) >= 11 is 0. The number of carbonyl (C=O) groups is 1. The van der Waals surface area contributed by atoms with Crippen LogP contribution in [0.1, 0.15) is 32.3 Å². The Kier molecular flexibility index (Phi) is 3.09.